The summed E-state index contributed by atoms with van der Waals surface area (Å²) in [6.07, 6.45) is 0.536. The van der Waals surface area contributed by atoms with Gasteiger partial charge in [0.05, 0.1) is 24.2 Å². The molecule has 0 bridgehead atoms. The van der Waals surface area contributed by atoms with Crippen molar-refractivity contribution in [2.75, 3.05) is 6.54 Å². The Kier molecular flexibility index (Phi) is 5.42. The van der Waals surface area contributed by atoms with Crippen molar-refractivity contribution >= 4 is 39.1 Å². The van der Waals surface area contributed by atoms with Crippen LogP contribution in [0.25, 0.3) is 15.9 Å². The lowest BCUT2D eigenvalue weighted by Crippen LogP contribution is -2.39. The summed E-state index contributed by atoms with van der Waals surface area (Å²) in [7, 11) is 0. The van der Waals surface area contributed by atoms with Gasteiger partial charge in [0.1, 0.15) is 10.6 Å². The molecule has 0 atom stereocenters. The molecular formula is C24H19ClFN3O3S. The van der Waals surface area contributed by atoms with Gasteiger partial charge in [-0.1, -0.05) is 29.8 Å². The number of carbonyl (C=O) groups is 1. The lowest BCUT2D eigenvalue weighted by atomic mass is 10.1. The van der Waals surface area contributed by atoms with Crippen LogP contribution in [-0.2, 0) is 24.3 Å². The monoisotopic (exact) mass is 483 g/mol. The van der Waals surface area contributed by atoms with E-state index in [2.05, 4.69) is 0 Å². The maximum atomic E-state index is 13.6. The predicted octanol–water partition coefficient (Wildman–Crippen LogP) is 3.96. The van der Waals surface area contributed by atoms with E-state index in [0.29, 0.717) is 40.4 Å². The van der Waals surface area contributed by atoms with Crippen molar-refractivity contribution in [3.63, 3.8) is 0 Å². The van der Waals surface area contributed by atoms with Gasteiger partial charge in [0, 0.05) is 23.4 Å². The Hall–Kier alpha value is -3.23. The minimum Gasteiger partial charge on any atom is -0.337 e. The summed E-state index contributed by atoms with van der Waals surface area (Å²) in [5.74, 6) is -0.394. The minimum atomic E-state index is -0.499. The van der Waals surface area contributed by atoms with Crippen LogP contribution in [0.15, 0.2) is 58.1 Å². The molecule has 6 nitrogen and oxygen atoms in total. The SMILES string of the molecule is CC(=O)N1CCc2c(sc3c2c(=O)n(-c2cccc(Cl)c2)c(=O)n3Cc2ccc(F)cc2)C1. The third-order valence-corrected chi connectivity index (χ3v) is 7.36. The van der Waals surface area contributed by atoms with Gasteiger partial charge < -0.3 is 4.90 Å². The van der Waals surface area contributed by atoms with Crippen molar-refractivity contribution in [1.82, 2.24) is 14.0 Å². The molecule has 1 aliphatic heterocycles. The highest BCUT2D eigenvalue weighted by molar-refractivity contribution is 7.18. The van der Waals surface area contributed by atoms with Crippen molar-refractivity contribution in [1.29, 1.82) is 0 Å². The molecule has 0 aliphatic carbocycles. The molecule has 3 heterocycles. The number of amides is 1. The fourth-order valence-electron chi connectivity index (χ4n) is 4.23. The number of thiophene rings is 1. The number of halogens is 2. The summed E-state index contributed by atoms with van der Waals surface area (Å²) in [5, 5.41) is 0.897. The first-order chi connectivity index (χ1) is 15.8. The molecule has 0 spiro atoms. The van der Waals surface area contributed by atoms with Crippen molar-refractivity contribution < 1.29 is 9.18 Å². The van der Waals surface area contributed by atoms with Gasteiger partial charge >= 0.3 is 5.69 Å². The molecule has 1 aliphatic rings. The number of hydrogen-bond acceptors (Lipinski definition) is 4. The molecule has 4 aromatic rings. The van der Waals surface area contributed by atoms with E-state index in [1.54, 1.807) is 45.9 Å². The molecule has 0 unspecified atom stereocenters. The molecule has 9 heteroatoms. The first kappa shape index (κ1) is 21.6. The van der Waals surface area contributed by atoms with Gasteiger partial charge in [-0.05, 0) is 47.9 Å². The number of hydrogen-bond donors (Lipinski definition) is 0. The van der Waals surface area contributed by atoms with E-state index in [-0.39, 0.29) is 18.3 Å². The van der Waals surface area contributed by atoms with Gasteiger partial charge in [-0.15, -0.1) is 11.3 Å². The average molecular weight is 484 g/mol. The Morgan fingerprint density at radius 3 is 2.61 bits per heavy atom. The molecule has 0 fully saturated rings. The zero-order valence-electron chi connectivity index (χ0n) is 17.7. The van der Waals surface area contributed by atoms with Crippen molar-refractivity contribution in [2.45, 2.75) is 26.4 Å². The summed E-state index contributed by atoms with van der Waals surface area (Å²) in [6, 6.07) is 12.5. The summed E-state index contributed by atoms with van der Waals surface area (Å²) in [6.45, 7) is 2.62. The van der Waals surface area contributed by atoms with Crippen molar-refractivity contribution in [2.24, 2.45) is 0 Å². The lowest BCUT2D eigenvalue weighted by Gasteiger charge is -2.25. The predicted molar refractivity (Wildman–Crippen MR) is 127 cm³/mol. The van der Waals surface area contributed by atoms with Crippen molar-refractivity contribution in [3.8, 4) is 5.69 Å². The number of fused-ring (bicyclic) bond motifs is 3. The van der Waals surface area contributed by atoms with Crippen molar-refractivity contribution in [3.05, 3.63) is 96.2 Å². The van der Waals surface area contributed by atoms with Crippen LogP contribution in [0.4, 0.5) is 4.39 Å². The van der Waals surface area contributed by atoms with Gasteiger partial charge in [-0.3, -0.25) is 14.2 Å². The first-order valence-electron chi connectivity index (χ1n) is 10.4. The summed E-state index contributed by atoms with van der Waals surface area (Å²) < 4.78 is 16.1. The van der Waals surface area contributed by atoms with E-state index < -0.39 is 11.2 Å². The minimum absolute atomic E-state index is 0.0295. The second-order valence-corrected chi connectivity index (χ2v) is 9.51. The Balaban J connectivity index is 1.79. The zero-order valence-corrected chi connectivity index (χ0v) is 19.3. The van der Waals surface area contributed by atoms with Gasteiger partial charge in [0.25, 0.3) is 5.56 Å². The van der Waals surface area contributed by atoms with Crippen LogP contribution in [0.3, 0.4) is 0 Å². The topological polar surface area (TPSA) is 64.3 Å². The van der Waals surface area contributed by atoms with Crippen LogP contribution in [0, 0.1) is 5.82 Å². The fourth-order valence-corrected chi connectivity index (χ4v) is 5.76. The van der Waals surface area contributed by atoms with E-state index >= 15 is 0 Å². The fraction of sp³-hybridized carbons (Fsp3) is 0.208. The van der Waals surface area contributed by atoms with Crippen LogP contribution < -0.4 is 11.2 Å². The second-order valence-electron chi connectivity index (χ2n) is 7.99. The molecule has 2 aromatic heterocycles. The maximum Gasteiger partial charge on any atom is 0.337 e. The summed E-state index contributed by atoms with van der Waals surface area (Å²) in [5.41, 5.74) is 1.09. The standard InChI is InChI=1S/C24H19ClFN3O3S/c1-14(30)27-10-9-19-20(13-27)33-23-21(19)22(31)29(18-4-2-3-16(25)11-18)24(32)28(23)12-15-5-7-17(26)8-6-15/h2-8,11H,9-10,12-13H2,1H3. The maximum absolute atomic E-state index is 13.6. The van der Waals surface area contributed by atoms with Gasteiger partial charge in [0.2, 0.25) is 5.91 Å². The molecule has 0 saturated heterocycles. The molecule has 2 aromatic carbocycles. The number of rotatable bonds is 3. The average Bonchev–Trinajstić information content (AvgIpc) is 3.17. The number of carbonyl (C=O) groups excluding carboxylic acids is 1. The largest absolute Gasteiger partial charge is 0.337 e. The smallest absolute Gasteiger partial charge is 0.337 e. The van der Waals surface area contributed by atoms with E-state index in [1.165, 1.54) is 30.4 Å². The van der Waals surface area contributed by atoms with Crippen LogP contribution in [-0.4, -0.2) is 26.5 Å². The van der Waals surface area contributed by atoms with E-state index in [9.17, 15) is 18.8 Å². The highest BCUT2D eigenvalue weighted by atomic mass is 35.5. The van der Waals surface area contributed by atoms with E-state index in [4.69, 9.17) is 11.6 Å². The van der Waals surface area contributed by atoms with Crippen LogP contribution in [0.5, 0.6) is 0 Å². The van der Waals surface area contributed by atoms with Gasteiger partial charge in [-0.2, -0.15) is 0 Å². The molecule has 5 rings (SSSR count). The van der Waals surface area contributed by atoms with Gasteiger partial charge in [0.15, 0.2) is 0 Å². The third-order valence-electron chi connectivity index (χ3n) is 5.89. The van der Waals surface area contributed by atoms with E-state index in [0.717, 1.165) is 20.6 Å². The van der Waals surface area contributed by atoms with Gasteiger partial charge in [-0.25, -0.2) is 13.8 Å². The molecule has 1 amide bonds. The molecule has 33 heavy (non-hydrogen) atoms. The zero-order chi connectivity index (χ0) is 23.3. The highest BCUT2D eigenvalue weighted by Gasteiger charge is 2.27. The quantitative estimate of drug-likeness (QED) is 0.443. The van der Waals surface area contributed by atoms with E-state index in [1.807, 2.05) is 0 Å². The second kappa shape index (κ2) is 8.28. The Bertz CT molecular complexity index is 1520. The number of benzene rings is 2. The first-order valence-corrected chi connectivity index (χ1v) is 11.6. The molecule has 168 valence electrons. The Morgan fingerprint density at radius 1 is 1.15 bits per heavy atom. The third kappa shape index (κ3) is 3.79. The highest BCUT2D eigenvalue weighted by Crippen LogP contribution is 2.33. The van der Waals surface area contributed by atoms with Crippen LogP contribution in [0.1, 0.15) is 22.9 Å². The summed E-state index contributed by atoms with van der Waals surface area (Å²) >= 11 is 7.51. The summed E-state index contributed by atoms with van der Waals surface area (Å²) in [4.78, 5) is 42.4. The number of aromatic nitrogens is 2. The number of nitrogens with zero attached hydrogens (tertiary/aromatic N) is 3. The molecular weight excluding hydrogens is 465 g/mol. The molecule has 0 N–H and O–H groups in total. The molecule has 0 saturated carbocycles. The molecule has 0 radical (unpaired) electrons. The normalized spacial score (nSPS) is 13.4. The Morgan fingerprint density at radius 2 is 1.91 bits per heavy atom. The Labute approximate surface area is 197 Å². The van der Waals surface area contributed by atoms with Crippen LogP contribution in [0.2, 0.25) is 5.02 Å². The lowest BCUT2D eigenvalue weighted by molar-refractivity contribution is -0.129. The van der Waals surface area contributed by atoms with Crippen LogP contribution >= 0.6 is 22.9 Å².